The van der Waals surface area contributed by atoms with Crippen molar-refractivity contribution in [2.45, 2.75) is 97.5 Å². The zero-order valence-electron chi connectivity index (χ0n) is 15.9. The molecule has 0 N–H and O–H groups in total. The van der Waals surface area contributed by atoms with Gasteiger partial charge in [0.1, 0.15) is 0 Å². The third-order valence-corrected chi connectivity index (χ3v) is 4.72. The number of ether oxygens (including phenoxy) is 2. The summed E-state index contributed by atoms with van der Waals surface area (Å²) in [6.45, 7) is 6.38. The molecule has 0 amide bonds. The molecule has 1 aliphatic carbocycles. The van der Waals surface area contributed by atoms with Gasteiger partial charge in [0.2, 0.25) is 0 Å². The van der Waals surface area contributed by atoms with E-state index in [4.69, 9.17) is 9.47 Å². The van der Waals surface area contributed by atoms with Crippen LogP contribution in [0.25, 0.3) is 0 Å². The van der Waals surface area contributed by atoms with Gasteiger partial charge in [-0.2, -0.15) is 0 Å². The molecule has 1 fully saturated rings. The Balaban J connectivity index is 2.27. The van der Waals surface area contributed by atoms with Gasteiger partial charge in [0.25, 0.3) is 0 Å². The van der Waals surface area contributed by atoms with E-state index < -0.39 is 0 Å². The van der Waals surface area contributed by atoms with E-state index >= 15 is 0 Å². The lowest BCUT2D eigenvalue weighted by atomic mass is 9.79. The van der Waals surface area contributed by atoms with E-state index in [-0.39, 0.29) is 29.9 Å². The van der Waals surface area contributed by atoms with Gasteiger partial charge in [-0.3, -0.25) is 9.59 Å². The van der Waals surface area contributed by atoms with Gasteiger partial charge in [-0.1, -0.05) is 58.3 Å². The zero-order valence-corrected chi connectivity index (χ0v) is 15.9. The average Bonchev–Trinajstić information content (AvgIpc) is 2.56. The van der Waals surface area contributed by atoms with Gasteiger partial charge in [-0.25, -0.2) is 0 Å². The molecule has 0 heterocycles. The molecule has 1 rings (SSSR count). The van der Waals surface area contributed by atoms with Crippen molar-refractivity contribution in [1.82, 2.24) is 0 Å². The second-order valence-electron chi connectivity index (χ2n) is 7.27. The van der Waals surface area contributed by atoms with Gasteiger partial charge in [-0.15, -0.1) is 0 Å². The average molecular weight is 341 g/mol. The smallest absolute Gasteiger partial charge is 0.310 e. The minimum atomic E-state index is -0.317. The van der Waals surface area contributed by atoms with Crippen LogP contribution in [0.4, 0.5) is 0 Å². The van der Waals surface area contributed by atoms with E-state index in [9.17, 15) is 9.59 Å². The van der Waals surface area contributed by atoms with Crippen molar-refractivity contribution >= 4 is 11.9 Å². The summed E-state index contributed by atoms with van der Waals surface area (Å²) >= 11 is 0. The zero-order chi connectivity index (χ0) is 17.8. The maximum atomic E-state index is 12.3. The molecule has 0 aromatic carbocycles. The maximum absolute atomic E-state index is 12.3. The molecule has 24 heavy (non-hydrogen) atoms. The first kappa shape index (κ1) is 21.0. The number of carbonyl (C=O) groups is 2. The van der Waals surface area contributed by atoms with Gasteiger partial charge < -0.3 is 9.47 Å². The summed E-state index contributed by atoms with van der Waals surface area (Å²) < 4.78 is 10.8. The molecule has 2 atom stereocenters. The normalized spacial score (nSPS) is 20.8. The molecule has 0 bridgehead atoms. The Morgan fingerprint density at radius 3 is 2.00 bits per heavy atom. The lowest BCUT2D eigenvalue weighted by Gasteiger charge is -2.28. The Morgan fingerprint density at radius 1 is 0.875 bits per heavy atom. The van der Waals surface area contributed by atoms with Crippen LogP contribution in [-0.2, 0) is 19.1 Å². The quantitative estimate of drug-likeness (QED) is 0.390. The van der Waals surface area contributed by atoms with E-state index in [1.807, 2.05) is 13.8 Å². The minimum absolute atomic E-state index is 0.135. The van der Waals surface area contributed by atoms with Crippen LogP contribution < -0.4 is 0 Å². The molecular weight excluding hydrogens is 304 g/mol. The van der Waals surface area contributed by atoms with Gasteiger partial charge >= 0.3 is 11.9 Å². The van der Waals surface area contributed by atoms with Crippen LogP contribution >= 0.6 is 0 Å². The molecular formula is C20H36O4. The molecule has 0 aliphatic heterocycles. The van der Waals surface area contributed by atoms with Crippen LogP contribution in [0.3, 0.4) is 0 Å². The predicted molar refractivity (Wildman–Crippen MR) is 95.6 cm³/mol. The Bertz CT molecular complexity index is 365. The fraction of sp³-hybridized carbons (Fsp3) is 0.900. The summed E-state index contributed by atoms with van der Waals surface area (Å²) in [4.78, 5) is 24.5. The van der Waals surface area contributed by atoms with Crippen molar-refractivity contribution in [1.29, 1.82) is 0 Å². The number of unbranched alkanes of at least 4 members (excludes halogenated alkanes) is 6. The minimum Gasteiger partial charge on any atom is -0.465 e. The van der Waals surface area contributed by atoms with Gasteiger partial charge in [0, 0.05) is 0 Å². The highest BCUT2D eigenvalue weighted by Gasteiger charge is 2.38. The highest BCUT2D eigenvalue weighted by molar-refractivity contribution is 5.82. The molecule has 2 unspecified atom stereocenters. The Labute approximate surface area is 147 Å². The Hall–Kier alpha value is -1.06. The number of hydrogen-bond donors (Lipinski definition) is 0. The summed E-state index contributed by atoms with van der Waals surface area (Å²) in [5.41, 5.74) is 0. The monoisotopic (exact) mass is 340 g/mol. The molecule has 0 aromatic rings. The van der Waals surface area contributed by atoms with Crippen LogP contribution in [0.1, 0.15) is 91.4 Å². The molecule has 4 heteroatoms. The second kappa shape index (κ2) is 12.3. The van der Waals surface area contributed by atoms with Gasteiger partial charge in [0.15, 0.2) is 0 Å². The fourth-order valence-corrected chi connectivity index (χ4v) is 3.35. The second-order valence-corrected chi connectivity index (χ2v) is 7.27. The van der Waals surface area contributed by atoms with Gasteiger partial charge in [-0.05, 0) is 33.1 Å². The lowest BCUT2D eigenvalue weighted by Crippen LogP contribution is -2.36. The van der Waals surface area contributed by atoms with E-state index in [1.165, 1.54) is 32.1 Å². The highest BCUT2D eigenvalue weighted by Crippen LogP contribution is 2.32. The number of hydrogen-bond acceptors (Lipinski definition) is 4. The van der Waals surface area contributed by atoms with E-state index in [2.05, 4.69) is 6.92 Å². The van der Waals surface area contributed by atoms with Crippen LogP contribution in [0.2, 0.25) is 0 Å². The molecule has 0 spiro atoms. The molecule has 0 saturated heterocycles. The highest BCUT2D eigenvalue weighted by atomic mass is 16.5. The van der Waals surface area contributed by atoms with Crippen LogP contribution in [-0.4, -0.2) is 24.6 Å². The first-order valence-electron chi connectivity index (χ1n) is 9.93. The summed E-state index contributed by atoms with van der Waals surface area (Å²) in [6.07, 6.45) is 11.7. The molecule has 0 aromatic heterocycles. The topological polar surface area (TPSA) is 52.6 Å². The largest absolute Gasteiger partial charge is 0.465 e. The van der Waals surface area contributed by atoms with Crippen molar-refractivity contribution in [2.75, 3.05) is 6.61 Å². The first-order valence-corrected chi connectivity index (χ1v) is 9.93. The number of rotatable bonds is 11. The molecule has 140 valence electrons. The standard InChI is InChI=1S/C20H36O4/c1-4-5-6-7-8-9-12-15-23-19(21)17-13-10-11-14-18(17)20(22)24-16(2)3/h16-18H,4-15H2,1-3H3. The van der Waals surface area contributed by atoms with Crippen LogP contribution in [0, 0.1) is 11.8 Å². The van der Waals surface area contributed by atoms with Crippen LogP contribution in [0.15, 0.2) is 0 Å². The Morgan fingerprint density at radius 2 is 1.42 bits per heavy atom. The molecule has 1 saturated carbocycles. The van der Waals surface area contributed by atoms with Crippen LogP contribution in [0.5, 0.6) is 0 Å². The number of esters is 2. The molecule has 4 nitrogen and oxygen atoms in total. The van der Waals surface area contributed by atoms with E-state index in [0.717, 1.165) is 38.5 Å². The fourth-order valence-electron chi connectivity index (χ4n) is 3.35. The SMILES string of the molecule is CCCCCCCCCOC(=O)C1CCCCC1C(=O)OC(C)C. The summed E-state index contributed by atoms with van der Waals surface area (Å²) in [5.74, 6) is -1.06. The molecule has 0 radical (unpaired) electrons. The van der Waals surface area contributed by atoms with Crippen molar-refractivity contribution in [3.05, 3.63) is 0 Å². The van der Waals surface area contributed by atoms with Crippen molar-refractivity contribution < 1.29 is 19.1 Å². The Kier molecular flexibility index (Phi) is 10.8. The summed E-state index contributed by atoms with van der Waals surface area (Å²) in [6, 6.07) is 0. The maximum Gasteiger partial charge on any atom is 0.310 e. The van der Waals surface area contributed by atoms with E-state index in [1.54, 1.807) is 0 Å². The number of carbonyl (C=O) groups excluding carboxylic acids is 2. The van der Waals surface area contributed by atoms with Crippen molar-refractivity contribution in [3.8, 4) is 0 Å². The predicted octanol–water partition coefficient (Wildman–Crippen LogP) is 5.04. The van der Waals surface area contributed by atoms with Crippen molar-refractivity contribution in [2.24, 2.45) is 11.8 Å². The van der Waals surface area contributed by atoms with E-state index in [0.29, 0.717) is 6.61 Å². The lowest BCUT2D eigenvalue weighted by molar-refractivity contribution is -0.165. The summed E-state index contributed by atoms with van der Waals surface area (Å²) in [5, 5.41) is 0. The van der Waals surface area contributed by atoms with Gasteiger partial charge in [0.05, 0.1) is 24.5 Å². The first-order chi connectivity index (χ1) is 11.6. The molecule has 1 aliphatic rings. The third kappa shape index (κ3) is 8.16. The third-order valence-electron chi connectivity index (χ3n) is 4.72. The van der Waals surface area contributed by atoms with Crippen molar-refractivity contribution in [3.63, 3.8) is 0 Å². The summed E-state index contributed by atoms with van der Waals surface area (Å²) in [7, 11) is 0.